The summed E-state index contributed by atoms with van der Waals surface area (Å²) >= 11 is 0. The van der Waals surface area contributed by atoms with E-state index in [0.29, 0.717) is 18.7 Å². The van der Waals surface area contributed by atoms with Crippen LogP contribution in [0.15, 0.2) is 24.3 Å². The van der Waals surface area contributed by atoms with Gasteiger partial charge in [-0.2, -0.15) is 0 Å². The first kappa shape index (κ1) is 11.3. The molecule has 0 saturated carbocycles. The van der Waals surface area contributed by atoms with E-state index in [1.807, 2.05) is 12.1 Å². The van der Waals surface area contributed by atoms with E-state index in [9.17, 15) is 10.2 Å². The topological polar surface area (TPSA) is 52.5 Å². The Labute approximate surface area is 89.2 Å². The quantitative estimate of drug-likeness (QED) is 0.660. The van der Waals surface area contributed by atoms with E-state index in [0.717, 1.165) is 5.56 Å². The third kappa shape index (κ3) is 2.18. The zero-order chi connectivity index (χ0) is 9.26. The molecule has 1 aromatic carbocycles. The van der Waals surface area contributed by atoms with Crippen molar-refractivity contribution in [2.24, 2.45) is 0 Å². The monoisotopic (exact) mass is 215 g/mol. The number of para-hydroxylation sites is 1. The average Bonchev–Trinajstić information content (AvgIpc) is 2.53. The minimum atomic E-state index is -0.287. The van der Waals surface area contributed by atoms with Crippen LogP contribution in [-0.4, -0.2) is 22.9 Å². The number of aromatic hydroxyl groups is 1. The van der Waals surface area contributed by atoms with Gasteiger partial charge in [0.1, 0.15) is 5.75 Å². The van der Waals surface area contributed by atoms with E-state index in [-0.39, 0.29) is 24.6 Å². The maximum atomic E-state index is 9.54. The van der Waals surface area contributed by atoms with E-state index in [4.69, 9.17) is 0 Å². The highest BCUT2D eigenvalue weighted by atomic mass is 35.5. The largest absolute Gasteiger partial charge is 0.508 e. The summed E-state index contributed by atoms with van der Waals surface area (Å²) in [5.74, 6) is 0.300. The minimum Gasteiger partial charge on any atom is -0.508 e. The van der Waals surface area contributed by atoms with E-state index in [2.05, 4.69) is 5.32 Å². The third-order valence-corrected chi connectivity index (χ3v) is 2.42. The number of hydrogen-bond acceptors (Lipinski definition) is 3. The van der Waals surface area contributed by atoms with Crippen molar-refractivity contribution in [2.75, 3.05) is 6.54 Å². The van der Waals surface area contributed by atoms with Gasteiger partial charge in [-0.15, -0.1) is 12.4 Å². The molecule has 2 rings (SSSR count). The molecule has 3 N–H and O–H groups in total. The van der Waals surface area contributed by atoms with Gasteiger partial charge in [0.15, 0.2) is 0 Å². The predicted molar refractivity (Wildman–Crippen MR) is 56.7 cm³/mol. The van der Waals surface area contributed by atoms with Crippen molar-refractivity contribution in [3.63, 3.8) is 0 Å². The standard InChI is InChI=1S/C10H13NO2.ClH/c12-7-5-9(11-6-7)8-3-1-2-4-10(8)13;/h1-4,7,9,11-13H,5-6H2;1H. The van der Waals surface area contributed by atoms with Crippen LogP contribution in [-0.2, 0) is 0 Å². The molecule has 0 bridgehead atoms. The van der Waals surface area contributed by atoms with Crippen molar-refractivity contribution in [3.05, 3.63) is 29.8 Å². The summed E-state index contributed by atoms with van der Waals surface area (Å²) < 4.78 is 0. The van der Waals surface area contributed by atoms with E-state index in [1.54, 1.807) is 12.1 Å². The molecule has 0 aliphatic carbocycles. The number of hydrogen-bond donors (Lipinski definition) is 3. The Bertz CT molecular complexity index is 306. The maximum absolute atomic E-state index is 9.54. The van der Waals surface area contributed by atoms with Crippen molar-refractivity contribution in [1.82, 2.24) is 5.32 Å². The molecule has 4 heteroatoms. The lowest BCUT2D eigenvalue weighted by molar-refractivity contribution is 0.193. The molecular weight excluding hydrogens is 202 g/mol. The smallest absolute Gasteiger partial charge is 0.120 e. The molecule has 1 aliphatic rings. The Hall–Kier alpha value is -0.770. The summed E-state index contributed by atoms with van der Waals surface area (Å²) in [6.07, 6.45) is 0.391. The minimum absolute atomic E-state index is 0. The van der Waals surface area contributed by atoms with E-state index in [1.165, 1.54) is 0 Å². The van der Waals surface area contributed by atoms with Crippen LogP contribution in [0.1, 0.15) is 18.0 Å². The molecule has 78 valence electrons. The summed E-state index contributed by atoms with van der Waals surface area (Å²) in [5.41, 5.74) is 0.874. The van der Waals surface area contributed by atoms with Gasteiger partial charge in [-0.25, -0.2) is 0 Å². The highest BCUT2D eigenvalue weighted by Crippen LogP contribution is 2.29. The normalized spacial score (nSPS) is 25.8. The molecule has 1 heterocycles. The fraction of sp³-hybridized carbons (Fsp3) is 0.400. The highest BCUT2D eigenvalue weighted by Gasteiger charge is 2.24. The Balaban J connectivity index is 0.000000980. The second-order valence-electron chi connectivity index (χ2n) is 3.41. The van der Waals surface area contributed by atoms with Crippen molar-refractivity contribution in [2.45, 2.75) is 18.6 Å². The molecule has 2 unspecified atom stereocenters. The van der Waals surface area contributed by atoms with Crippen LogP contribution in [0.5, 0.6) is 5.75 Å². The number of rotatable bonds is 1. The number of benzene rings is 1. The van der Waals surface area contributed by atoms with Crippen LogP contribution < -0.4 is 5.32 Å². The second-order valence-corrected chi connectivity index (χ2v) is 3.41. The molecular formula is C10H14ClNO2. The number of phenolic OH excluding ortho intramolecular Hbond substituents is 1. The Morgan fingerprint density at radius 3 is 2.57 bits per heavy atom. The summed E-state index contributed by atoms with van der Waals surface area (Å²) in [6.45, 7) is 0.610. The third-order valence-electron chi connectivity index (χ3n) is 2.42. The van der Waals surface area contributed by atoms with Crippen molar-refractivity contribution in [1.29, 1.82) is 0 Å². The van der Waals surface area contributed by atoms with Crippen LogP contribution in [0, 0.1) is 0 Å². The first-order valence-electron chi connectivity index (χ1n) is 4.46. The van der Waals surface area contributed by atoms with Crippen LogP contribution in [0.2, 0.25) is 0 Å². The van der Waals surface area contributed by atoms with Crippen LogP contribution in [0.4, 0.5) is 0 Å². The number of nitrogens with one attached hydrogen (secondary N) is 1. The number of aliphatic hydroxyl groups excluding tert-OH is 1. The second kappa shape index (κ2) is 4.64. The predicted octanol–water partition coefficient (Wildman–Crippen LogP) is 1.21. The lowest BCUT2D eigenvalue weighted by atomic mass is 10.0. The zero-order valence-electron chi connectivity index (χ0n) is 7.68. The molecule has 1 aliphatic heterocycles. The zero-order valence-corrected chi connectivity index (χ0v) is 8.50. The number of phenols is 1. The van der Waals surface area contributed by atoms with Gasteiger partial charge in [0.2, 0.25) is 0 Å². The average molecular weight is 216 g/mol. The maximum Gasteiger partial charge on any atom is 0.120 e. The van der Waals surface area contributed by atoms with Gasteiger partial charge in [-0.05, 0) is 12.5 Å². The fourth-order valence-corrected chi connectivity index (χ4v) is 1.74. The number of aliphatic hydroxyl groups is 1. The van der Waals surface area contributed by atoms with Crippen molar-refractivity contribution >= 4 is 12.4 Å². The van der Waals surface area contributed by atoms with Crippen LogP contribution in [0.25, 0.3) is 0 Å². The molecule has 1 saturated heterocycles. The van der Waals surface area contributed by atoms with Gasteiger partial charge in [-0.3, -0.25) is 0 Å². The van der Waals surface area contributed by atoms with Crippen LogP contribution in [0.3, 0.4) is 0 Å². The molecule has 0 spiro atoms. The van der Waals surface area contributed by atoms with Gasteiger partial charge >= 0.3 is 0 Å². The van der Waals surface area contributed by atoms with Gasteiger partial charge in [0.25, 0.3) is 0 Å². The molecule has 0 aromatic heterocycles. The van der Waals surface area contributed by atoms with Crippen molar-refractivity contribution in [3.8, 4) is 5.75 Å². The van der Waals surface area contributed by atoms with Gasteiger partial charge in [-0.1, -0.05) is 18.2 Å². The fourth-order valence-electron chi connectivity index (χ4n) is 1.74. The Kier molecular flexibility index (Phi) is 3.75. The molecule has 2 atom stereocenters. The molecule has 0 radical (unpaired) electrons. The van der Waals surface area contributed by atoms with Gasteiger partial charge < -0.3 is 15.5 Å². The van der Waals surface area contributed by atoms with Gasteiger partial charge in [0.05, 0.1) is 6.10 Å². The van der Waals surface area contributed by atoms with Crippen LogP contribution >= 0.6 is 12.4 Å². The highest BCUT2D eigenvalue weighted by molar-refractivity contribution is 5.85. The molecule has 14 heavy (non-hydrogen) atoms. The molecule has 1 fully saturated rings. The Morgan fingerprint density at radius 2 is 2.00 bits per heavy atom. The lowest BCUT2D eigenvalue weighted by Crippen LogP contribution is -2.14. The SMILES string of the molecule is Cl.Oc1ccccc1C1CC(O)CN1. The summed E-state index contributed by atoms with van der Waals surface area (Å²) in [4.78, 5) is 0. The molecule has 0 amide bonds. The number of halogens is 1. The molecule has 3 nitrogen and oxygen atoms in total. The lowest BCUT2D eigenvalue weighted by Gasteiger charge is -2.11. The summed E-state index contributed by atoms with van der Waals surface area (Å²) in [7, 11) is 0. The first-order chi connectivity index (χ1) is 6.27. The van der Waals surface area contributed by atoms with E-state index >= 15 is 0 Å². The summed E-state index contributed by atoms with van der Waals surface area (Å²) in [6, 6.07) is 7.33. The van der Waals surface area contributed by atoms with Gasteiger partial charge in [0, 0.05) is 18.2 Å². The first-order valence-corrected chi connectivity index (χ1v) is 4.46. The van der Waals surface area contributed by atoms with E-state index < -0.39 is 0 Å². The molecule has 1 aromatic rings. The number of β-amino-alcohol motifs (C(OH)–C–C–N with tert-alkyl or cyclic N) is 1. The Morgan fingerprint density at radius 1 is 1.29 bits per heavy atom. The summed E-state index contributed by atoms with van der Waals surface area (Å²) in [5, 5.41) is 22.0. The van der Waals surface area contributed by atoms with Crippen molar-refractivity contribution < 1.29 is 10.2 Å².